The highest BCUT2D eigenvalue weighted by atomic mass is 16.5. The highest BCUT2D eigenvalue weighted by Gasteiger charge is 2.19. The van der Waals surface area contributed by atoms with Crippen LogP contribution in [-0.4, -0.2) is 29.7 Å². The molecule has 3 aromatic rings. The molecule has 6 nitrogen and oxygen atoms in total. The van der Waals surface area contributed by atoms with Crippen molar-refractivity contribution in [2.75, 3.05) is 14.2 Å². The number of hydrogen-bond donors (Lipinski definition) is 1. The van der Waals surface area contributed by atoms with E-state index in [1.54, 1.807) is 32.6 Å². The Balaban J connectivity index is 1.81. The van der Waals surface area contributed by atoms with Crippen LogP contribution in [0.4, 0.5) is 0 Å². The summed E-state index contributed by atoms with van der Waals surface area (Å²) in [5.41, 5.74) is 1.77. The first-order valence-corrected chi connectivity index (χ1v) is 8.84. The van der Waals surface area contributed by atoms with Crippen molar-refractivity contribution in [3.8, 4) is 11.5 Å². The average molecular weight is 377 g/mol. The standard InChI is InChI=1S/C22H23N3O3/c1-25-12-11-23-22(25)21(17-7-5-4-6-8-17)24-20(26)10-9-16-13-18(27-2)15-19(14-16)28-3/h4-15,21H,1-3H3,(H,24,26)/b10-9+. The van der Waals surface area contributed by atoms with Crippen LogP contribution in [0.25, 0.3) is 6.08 Å². The number of aryl methyl sites for hydroxylation is 1. The van der Waals surface area contributed by atoms with E-state index in [1.165, 1.54) is 6.08 Å². The van der Waals surface area contributed by atoms with Gasteiger partial charge in [0, 0.05) is 31.6 Å². The maximum Gasteiger partial charge on any atom is 0.244 e. The van der Waals surface area contributed by atoms with Crippen molar-refractivity contribution in [1.29, 1.82) is 0 Å². The Morgan fingerprint density at radius 2 is 1.79 bits per heavy atom. The molecule has 1 aromatic heterocycles. The lowest BCUT2D eigenvalue weighted by Crippen LogP contribution is -2.29. The fourth-order valence-corrected chi connectivity index (χ4v) is 2.89. The second-order valence-electron chi connectivity index (χ2n) is 6.23. The molecule has 1 unspecified atom stereocenters. The van der Waals surface area contributed by atoms with Gasteiger partial charge in [-0.05, 0) is 29.3 Å². The molecule has 0 aliphatic heterocycles. The zero-order valence-electron chi connectivity index (χ0n) is 16.1. The van der Waals surface area contributed by atoms with E-state index in [0.717, 1.165) is 17.0 Å². The van der Waals surface area contributed by atoms with Gasteiger partial charge in [0.15, 0.2) is 0 Å². The summed E-state index contributed by atoms with van der Waals surface area (Å²) < 4.78 is 12.4. The normalized spacial score (nSPS) is 12.0. The molecule has 0 radical (unpaired) electrons. The highest BCUT2D eigenvalue weighted by molar-refractivity contribution is 5.92. The third kappa shape index (κ3) is 4.59. The molecule has 3 rings (SSSR count). The van der Waals surface area contributed by atoms with E-state index in [9.17, 15) is 4.79 Å². The van der Waals surface area contributed by atoms with Crippen molar-refractivity contribution < 1.29 is 14.3 Å². The Hall–Kier alpha value is -3.54. The predicted molar refractivity (Wildman–Crippen MR) is 108 cm³/mol. The van der Waals surface area contributed by atoms with Crippen LogP contribution in [-0.2, 0) is 11.8 Å². The summed E-state index contributed by atoms with van der Waals surface area (Å²) in [6, 6.07) is 14.9. The van der Waals surface area contributed by atoms with Crippen molar-refractivity contribution in [1.82, 2.24) is 14.9 Å². The molecule has 0 aliphatic rings. The van der Waals surface area contributed by atoms with E-state index >= 15 is 0 Å². The Bertz CT molecular complexity index is 942. The number of ether oxygens (including phenoxy) is 2. The summed E-state index contributed by atoms with van der Waals surface area (Å²) in [6.07, 6.45) is 6.79. The van der Waals surface area contributed by atoms with Gasteiger partial charge in [0.05, 0.1) is 14.2 Å². The van der Waals surface area contributed by atoms with Crippen LogP contribution in [0.3, 0.4) is 0 Å². The first-order valence-electron chi connectivity index (χ1n) is 8.84. The van der Waals surface area contributed by atoms with Gasteiger partial charge in [0.1, 0.15) is 23.4 Å². The fourth-order valence-electron chi connectivity index (χ4n) is 2.89. The topological polar surface area (TPSA) is 65.4 Å². The summed E-state index contributed by atoms with van der Waals surface area (Å²) in [4.78, 5) is 17.0. The van der Waals surface area contributed by atoms with E-state index in [1.807, 2.05) is 60.3 Å². The number of carbonyl (C=O) groups is 1. The van der Waals surface area contributed by atoms with Gasteiger partial charge in [-0.2, -0.15) is 0 Å². The summed E-state index contributed by atoms with van der Waals surface area (Å²) >= 11 is 0. The minimum absolute atomic E-state index is 0.223. The van der Waals surface area contributed by atoms with Crippen LogP contribution in [0.15, 0.2) is 67.0 Å². The number of amides is 1. The molecular weight excluding hydrogens is 354 g/mol. The maximum atomic E-state index is 12.6. The number of imidazole rings is 1. The maximum absolute atomic E-state index is 12.6. The Kier molecular flexibility index (Phi) is 6.11. The van der Waals surface area contributed by atoms with E-state index in [0.29, 0.717) is 11.5 Å². The molecule has 2 aromatic carbocycles. The van der Waals surface area contributed by atoms with Gasteiger partial charge < -0.3 is 19.4 Å². The molecule has 6 heteroatoms. The van der Waals surface area contributed by atoms with Gasteiger partial charge in [-0.25, -0.2) is 4.98 Å². The average Bonchev–Trinajstić information content (AvgIpc) is 3.16. The molecule has 0 fully saturated rings. The number of carbonyl (C=O) groups excluding carboxylic acids is 1. The van der Waals surface area contributed by atoms with Crippen molar-refractivity contribution in [3.63, 3.8) is 0 Å². The van der Waals surface area contributed by atoms with Crippen LogP contribution in [0.5, 0.6) is 11.5 Å². The van der Waals surface area contributed by atoms with Gasteiger partial charge in [-0.3, -0.25) is 4.79 Å². The Labute approximate surface area is 164 Å². The van der Waals surface area contributed by atoms with Crippen LogP contribution in [0.1, 0.15) is 23.0 Å². The third-order valence-electron chi connectivity index (χ3n) is 4.34. The second kappa shape index (κ2) is 8.90. The Morgan fingerprint density at radius 3 is 2.36 bits per heavy atom. The fraction of sp³-hybridized carbons (Fsp3) is 0.182. The quantitative estimate of drug-likeness (QED) is 0.641. The van der Waals surface area contributed by atoms with E-state index < -0.39 is 0 Å². The van der Waals surface area contributed by atoms with Gasteiger partial charge >= 0.3 is 0 Å². The number of aromatic nitrogens is 2. The summed E-state index contributed by atoms with van der Waals surface area (Å²) in [5.74, 6) is 1.86. The number of nitrogens with zero attached hydrogens (tertiary/aromatic N) is 2. The molecule has 1 heterocycles. The number of benzene rings is 2. The largest absolute Gasteiger partial charge is 0.497 e. The zero-order valence-corrected chi connectivity index (χ0v) is 16.1. The highest BCUT2D eigenvalue weighted by Crippen LogP contribution is 2.23. The first-order chi connectivity index (χ1) is 13.6. The SMILES string of the molecule is COc1cc(/C=C/C(=O)NC(c2ccccc2)c2nccn2C)cc(OC)c1. The summed E-state index contributed by atoms with van der Waals surface area (Å²) in [7, 11) is 5.08. The van der Waals surface area contributed by atoms with Crippen molar-refractivity contribution in [3.05, 3.63) is 84.0 Å². The predicted octanol–water partition coefficient (Wildman–Crippen LogP) is 3.36. The number of rotatable bonds is 7. The minimum atomic E-state index is -0.349. The van der Waals surface area contributed by atoms with Crippen LogP contribution < -0.4 is 14.8 Å². The first kappa shape index (κ1) is 19.2. The molecule has 0 saturated carbocycles. The van der Waals surface area contributed by atoms with Crippen molar-refractivity contribution >= 4 is 12.0 Å². The lowest BCUT2D eigenvalue weighted by atomic mass is 10.1. The van der Waals surface area contributed by atoms with E-state index in [2.05, 4.69) is 10.3 Å². The van der Waals surface area contributed by atoms with Gasteiger partial charge in [0.2, 0.25) is 5.91 Å². The molecule has 0 aliphatic carbocycles. The monoisotopic (exact) mass is 377 g/mol. The molecule has 144 valence electrons. The molecular formula is C22H23N3O3. The molecule has 1 atom stereocenters. The van der Waals surface area contributed by atoms with Gasteiger partial charge in [0.25, 0.3) is 0 Å². The molecule has 28 heavy (non-hydrogen) atoms. The Morgan fingerprint density at radius 1 is 1.11 bits per heavy atom. The summed E-state index contributed by atoms with van der Waals surface area (Å²) in [5, 5.41) is 3.03. The molecule has 1 N–H and O–H groups in total. The molecule has 0 bridgehead atoms. The van der Waals surface area contributed by atoms with Gasteiger partial charge in [-0.15, -0.1) is 0 Å². The van der Waals surface area contributed by atoms with Gasteiger partial charge in [-0.1, -0.05) is 30.3 Å². The van der Waals surface area contributed by atoms with Crippen LogP contribution in [0, 0.1) is 0 Å². The molecule has 1 amide bonds. The third-order valence-corrected chi connectivity index (χ3v) is 4.34. The lowest BCUT2D eigenvalue weighted by molar-refractivity contribution is -0.117. The van der Waals surface area contributed by atoms with Crippen molar-refractivity contribution in [2.45, 2.75) is 6.04 Å². The minimum Gasteiger partial charge on any atom is -0.497 e. The molecule has 0 saturated heterocycles. The van der Waals surface area contributed by atoms with E-state index in [-0.39, 0.29) is 11.9 Å². The van der Waals surface area contributed by atoms with Crippen molar-refractivity contribution in [2.24, 2.45) is 7.05 Å². The van der Waals surface area contributed by atoms with E-state index in [4.69, 9.17) is 9.47 Å². The second-order valence-corrected chi connectivity index (χ2v) is 6.23. The number of methoxy groups -OCH3 is 2. The summed E-state index contributed by atoms with van der Waals surface area (Å²) in [6.45, 7) is 0. The smallest absolute Gasteiger partial charge is 0.244 e. The lowest BCUT2D eigenvalue weighted by Gasteiger charge is -2.18. The van der Waals surface area contributed by atoms with Crippen LogP contribution in [0.2, 0.25) is 0 Å². The molecule has 0 spiro atoms. The van der Waals surface area contributed by atoms with Crippen LogP contribution >= 0.6 is 0 Å². The number of hydrogen-bond acceptors (Lipinski definition) is 4. The zero-order chi connectivity index (χ0) is 19.9. The number of nitrogens with one attached hydrogen (secondary N) is 1.